The Labute approximate surface area is 230 Å². The average Bonchev–Trinajstić information content (AvgIpc) is 3.66. The van der Waals surface area contributed by atoms with Gasteiger partial charge in [-0.3, -0.25) is 0 Å². The lowest BCUT2D eigenvalue weighted by molar-refractivity contribution is 0.280. The largest absolute Gasteiger partial charge is 0.493 e. The molecule has 198 valence electrons. The molecule has 2 aromatic heterocycles. The third-order valence-electron chi connectivity index (χ3n) is 6.47. The van der Waals surface area contributed by atoms with Crippen molar-refractivity contribution in [2.75, 3.05) is 7.11 Å². The maximum atomic E-state index is 13.2. The van der Waals surface area contributed by atoms with Crippen LogP contribution in [0.2, 0.25) is 0 Å². The fraction of sp³-hybridized carbons (Fsp3) is 0.0938. The van der Waals surface area contributed by atoms with Gasteiger partial charge in [-0.2, -0.15) is 0 Å². The molecule has 0 saturated carbocycles. The lowest BCUT2D eigenvalue weighted by atomic mass is 10.1. The number of hydrogen-bond acceptors (Lipinski definition) is 5. The molecule has 0 spiro atoms. The molecule has 6 aromatic rings. The molecular formula is C32H26FN5O2. The number of aromatic nitrogens is 5. The van der Waals surface area contributed by atoms with Gasteiger partial charge in [0.2, 0.25) is 0 Å². The van der Waals surface area contributed by atoms with E-state index >= 15 is 0 Å². The minimum atomic E-state index is -0.267. The van der Waals surface area contributed by atoms with Crippen LogP contribution in [-0.4, -0.2) is 32.1 Å². The molecule has 0 amide bonds. The Bertz CT molecular complexity index is 1660. The number of aromatic amines is 1. The van der Waals surface area contributed by atoms with Crippen molar-refractivity contribution in [3.05, 3.63) is 126 Å². The van der Waals surface area contributed by atoms with Crippen LogP contribution in [0.15, 0.2) is 109 Å². The standard InChI is InChI=1S/C32H26FN5O2/c1-39-29-18-25(32-34-30(23-8-4-2-5-9-23)31(35-32)24-10-6-3-7-11-24)14-17-28(29)40-21-27-20-38(37-36-27)19-22-12-15-26(33)16-13-22/h2-18,20H,19,21H2,1H3,(H,34,35). The van der Waals surface area contributed by atoms with Crippen LogP contribution in [0.3, 0.4) is 0 Å². The second-order valence-corrected chi connectivity index (χ2v) is 9.23. The summed E-state index contributed by atoms with van der Waals surface area (Å²) >= 11 is 0. The zero-order valence-electron chi connectivity index (χ0n) is 21.8. The zero-order valence-corrected chi connectivity index (χ0v) is 21.8. The van der Waals surface area contributed by atoms with E-state index in [0.29, 0.717) is 23.7 Å². The van der Waals surface area contributed by atoms with Gasteiger partial charge in [-0.25, -0.2) is 14.1 Å². The molecule has 2 heterocycles. The van der Waals surface area contributed by atoms with Crippen LogP contribution in [0, 0.1) is 5.82 Å². The van der Waals surface area contributed by atoms with Crippen LogP contribution in [0.25, 0.3) is 33.9 Å². The van der Waals surface area contributed by atoms with E-state index in [9.17, 15) is 4.39 Å². The van der Waals surface area contributed by atoms with Gasteiger partial charge in [0.25, 0.3) is 0 Å². The second-order valence-electron chi connectivity index (χ2n) is 9.23. The van der Waals surface area contributed by atoms with Crippen LogP contribution in [-0.2, 0) is 13.2 Å². The Balaban J connectivity index is 1.22. The normalized spacial score (nSPS) is 10.9. The van der Waals surface area contributed by atoms with Gasteiger partial charge in [0.1, 0.15) is 23.9 Å². The number of imidazole rings is 1. The highest BCUT2D eigenvalue weighted by molar-refractivity contribution is 5.81. The van der Waals surface area contributed by atoms with E-state index in [1.54, 1.807) is 23.9 Å². The highest BCUT2D eigenvalue weighted by Gasteiger charge is 2.17. The number of nitrogens with one attached hydrogen (secondary N) is 1. The Hall–Kier alpha value is -5.24. The SMILES string of the molecule is COc1cc(-c2nc(-c3ccccc3)c(-c3ccccc3)[nH]2)ccc1OCc1cn(Cc2ccc(F)cc2)nn1. The zero-order chi connectivity index (χ0) is 27.3. The summed E-state index contributed by atoms with van der Waals surface area (Å²) in [4.78, 5) is 8.49. The third-order valence-corrected chi connectivity index (χ3v) is 6.47. The minimum Gasteiger partial charge on any atom is -0.493 e. The number of halogens is 1. The molecule has 0 unspecified atom stereocenters. The highest BCUT2D eigenvalue weighted by atomic mass is 19.1. The van der Waals surface area contributed by atoms with Crippen molar-refractivity contribution in [1.82, 2.24) is 25.0 Å². The molecule has 6 rings (SSSR count). The van der Waals surface area contributed by atoms with Crippen LogP contribution < -0.4 is 9.47 Å². The summed E-state index contributed by atoms with van der Waals surface area (Å²) in [6.45, 7) is 0.709. The molecule has 0 aliphatic rings. The van der Waals surface area contributed by atoms with Crippen LogP contribution in [0.1, 0.15) is 11.3 Å². The molecule has 4 aromatic carbocycles. The lowest BCUT2D eigenvalue weighted by Gasteiger charge is -2.10. The first-order chi connectivity index (χ1) is 19.7. The summed E-state index contributed by atoms with van der Waals surface area (Å²) in [5, 5.41) is 8.35. The minimum absolute atomic E-state index is 0.218. The Morgan fingerprint density at radius 1 is 0.800 bits per heavy atom. The molecule has 0 aliphatic heterocycles. The molecule has 0 atom stereocenters. The van der Waals surface area contributed by atoms with Crippen LogP contribution >= 0.6 is 0 Å². The van der Waals surface area contributed by atoms with Crippen molar-refractivity contribution in [2.24, 2.45) is 0 Å². The van der Waals surface area contributed by atoms with E-state index in [0.717, 1.165) is 39.5 Å². The van der Waals surface area contributed by atoms with Crippen molar-refractivity contribution < 1.29 is 13.9 Å². The van der Waals surface area contributed by atoms with E-state index in [1.165, 1.54) is 12.1 Å². The van der Waals surface area contributed by atoms with Gasteiger partial charge in [-0.1, -0.05) is 78.0 Å². The van der Waals surface area contributed by atoms with E-state index in [1.807, 2.05) is 60.8 Å². The van der Waals surface area contributed by atoms with Crippen LogP contribution in [0.5, 0.6) is 11.5 Å². The molecule has 0 bridgehead atoms. The van der Waals surface area contributed by atoms with Gasteiger partial charge in [-0.05, 0) is 35.9 Å². The summed E-state index contributed by atoms with van der Waals surface area (Å²) in [7, 11) is 1.61. The molecule has 0 aliphatic carbocycles. The van der Waals surface area contributed by atoms with E-state index < -0.39 is 0 Å². The van der Waals surface area contributed by atoms with Gasteiger partial charge in [0.15, 0.2) is 11.5 Å². The van der Waals surface area contributed by atoms with Gasteiger partial charge in [-0.15, -0.1) is 5.10 Å². The summed E-state index contributed by atoms with van der Waals surface area (Å²) < 4.78 is 26.5. The Morgan fingerprint density at radius 3 is 2.25 bits per heavy atom. The first-order valence-electron chi connectivity index (χ1n) is 12.8. The molecule has 0 fully saturated rings. The third kappa shape index (κ3) is 5.47. The topological polar surface area (TPSA) is 77.9 Å². The van der Waals surface area contributed by atoms with Gasteiger partial charge < -0.3 is 14.5 Å². The number of ether oxygens (including phenoxy) is 2. The molecule has 0 saturated heterocycles. The summed E-state index contributed by atoms with van der Waals surface area (Å²) in [5.41, 5.74) is 6.38. The lowest BCUT2D eigenvalue weighted by Crippen LogP contribution is -2.00. The number of methoxy groups -OCH3 is 1. The average molecular weight is 532 g/mol. The monoisotopic (exact) mass is 531 g/mol. The van der Waals surface area contributed by atoms with Gasteiger partial charge in [0.05, 0.1) is 31.2 Å². The molecule has 8 heteroatoms. The maximum absolute atomic E-state index is 13.2. The summed E-state index contributed by atoms with van der Waals surface area (Å²) in [6, 6.07) is 32.3. The second kappa shape index (κ2) is 11.2. The fourth-order valence-electron chi connectivity index (χ4n) is 4.47. The number of hydrogen-bond donors (Lipinski definition) is 1. The Kier molecular flexibility index (Phi) is 7.05. The summed E-state index contributed by atoms with van der Waals surface area (Å²) in [6.07, 6.45) is 1.81. The number of H-pyrrole nitrogens is 1. The molecule has 7 nitrogen and oxygen atoms in total. The van der Waals surface area contributed by atoms with Crippen molar-refractivity contribution >= 4 is 0 Å². The van der Waals surface area contributed by atoms with Crippen molar-refractivity contribution in [2.45, 2.75) is 13.2 Å². The van der Waals surface area contributed by atoms with E-state index in [2.05, 4.69) is 39.6 Å². The van der Waals surface area contributed by atoms with Crippen molar-refractivity contribution in [3.8, 4) is 45.4 Å². The fourth-order valence-corrected chi connectivity index (χ4v) is 4.47. The number of nitrogens with zero attached hydrogens (tertiary/aromatic N) is 4. The molecule has 0 radical (unpaired) electrons. The molecular weight excluding hydrogens is 505 g/mol. The van der Waals surface area contributed by atoms with Crippen molar-refractivity contribution in [1.29, 1.82) is 0 Å². The predicted molar refractivity (Wildman–Crippen MR) is 151 cm³/mol. The smallest absolute Gasteiger partial charge is 0.161 e. The highest BCUT2D eigenvalue weighted by Crippen LogP contribution is 2.36. The predicted octanol–water partition coefficient (Wildman–Crippen LogP) is 6.78. The van der Waals surface area contributed by atoms with Crippen molar-refractivity contribution in [3.63, 3.8) is 0 Å². The summed E-state index contributed by atoms with van der Waals surface area (Å²) in [5.74, 6) is 1.62. The van der Waals surface area contributed by atoms with Gasteiger partial charge in [0, 0.05) is 16.7 Å². The van der Waals surface area contributed by atoms with Crippen LogP contribution in [0.4, 0.5) is 4.39 Å². The molecule has 1 N–H and O–H groups in total. The Morgan fingerprint density at radius 2 is 1.52 bits per heavy atom. The first-order valence-corrected chi connectivity index (χ1v) is 12.8. The van der Waals surface area contributed by atoms with Gasteiger partial charge >= 0.3 is 0 Å². The molecule has 40 heavy (non-hydrogen) atoms. The maximum Gasteiger partial charge on any atom is 0.161 e. The number of rotatable bonds is 9. The number of benzene rings is 4. The quantitative estimate of drug-likeness (QED) is 0.223. The first kappa shape index (κ1) is 25.1. The van der Waals surface area contributed by atoms with E-state index in [-0.39, 0.29) is 12.4 Å². The van der Waals surface area contributed by atoms with E-state index in [4.69, 9.17) is 14.5 Å².